The molecule has 1 N–H and O–H groups in total. The summed E-state index contributed by atoms with van der Waals surface area (Å²) in [5.41, 5.74) is 0.811. The highest BCUT2D eigenvalue weighted by Gasteiger charge is 2.63. The van der Waals surface area contributed by atoms with Crippen molar-refractivity contribution in [2.45, 2.75) is 37.6 Å². The van der Waals surface area contributed by atoms with Crippen LogP contribution < -0.4 is 0 Å². The van der Waals surface area contributed by atoms with Gasteiger partial charge in [-0.15, -0.1) is 0 Å². The van der Waals surface area contributed by atoms with Gasteiger partial charge in [0.15, 0.2) is 5.78 Å². The smallest absolute Gasteiger partial charge is 0.220 e. The summed E-state index contributed by atoms with van der Waals surface area (Å²) in [4.78, 5) is 11.6. The van der Waals surface area contributed by atoms with Gasteiger partial charge < -0.3 is 19.3 Å². The van der Waals surface area contributed by atoms with Crippen molar-refractivity contribution < 1.29 is 24.1 Å². The van der Waals surface area contributed by atoms with Crippen LogP contribution in [0.3, 0.4) is 0 Å². The quantitative estimate of drug-likeness (QED) is 0.908. The Morgan fingerprint density at radius 2 is 2.30 bits per heavy atom. The van der Waals surface area contributed by atoms with E-state index in [0.29, 0.717) is 5.02 Å². The lowest BCUT2D eigenvalue weighted by atomic mass is 9.99. The molecular weight excluding hydrogens is 284 g/mol. The zero-order valence-corrected chi connectivity index (χ0v) is 11.7. The fourth-order valence-electron chi connectivity index (χ4n) is 2.51. The molecule has 0 bridgehead atoms. The van der Waals surface area contributed by atoms with Crippen molar-refractivity contribution in [2.24, 2.45) is 0 Å². The van der Waals surface area contributed by atoms with Gasteiger partial charge in [-0.3, -0.25) is 4.79 Å². The zero-order valence-electron chi connectivity index (χ0n) is 10.9. The Kier molecular flexibility index (Phi) is 3.56. The summed E-state index contributed by atoms with van der Waals surface area (Å²) in [6.45, 7) is 1.70. The van der Waals surface area contributed by atoms with Gasteiger partial charge in [-0.1, -0.05) is 29.8 Å². The number of Topliss-reactive ketones (excluding diaryl/α,β-unsaturated/α-hetero) is 1. The number of aliphatic hydroxyl groups is 1. The lowest BCUT2D eigenvalue weighted by Gasteiger charge is -2.39. The molecule has 3 rings (SSSR count). The molecule has 0 aliphatic carbocycles. The SMILES string of the molecule is CC(=O)[C@H]1O[C@@]2(O)CO[C@@H]2[C@H]1OCc1ccccc1Cl. The van der Waals surface area contributed by atoms with Crippen molar-refractivity contribution >= 4 is 17.4 Å². The average Bonchev–Trinajstić information content (AvgIpc) is 2.59. The van der Waals surface area contributed by atoms with Crippen molar-refractivity contribution in [3.63, 3.8) is 0 Å². The van der Waals surface area contributed by atoms with E-state index in [-0.39, 0.29) is 19.0 Å². The molecule has 0 aromatic heterocycles. The largest absolute Gasteiger partial charge is 0.367 e. The van der Waals surface area contributed by atoms with E-state index < -0.39 is 24.1 Å². The summed E-state index contributed by atoms with van der Waals surface area (Å²) in [5.74, 6) is -1.60. The fraction of sp³-hybridized carbons (Fsp3) is 0.500. The maximum Gasteiger partial charge on any atom is 0.220 e. The van der Waals surface area contributed by atoms with E-state index in [0.717, 1.165) is 5.56 Å². The first-order valence-electron chi connectivity index (χ1n) is 6.38. The second kappa shape index (κ2) is 5.09. The molecule has 108 valence electrons. The van der Waals surface area contributed by atoms with E-state index in [4.69, 9.17) is 25.8 Å². The summed E-state index contributed by atoms with van der Waals surface area (Å²) in [5, 5.41) is 10.7. The van der Waals surface area contributed by atoms with Gasteiger partial charge >= 0.3 is 0 Å². The number of ketones is 1. The Bertz CT molecular complexity index is 534. The third-order valence-corrected chi connectivity index (χ3v) is 4.00. The lowest BCUT2D eigenvalue weighted by Crippen LogP contribution is -2.59. The van der Waals surface area contributed by atoms with E-state index in [2.05, 4.69) is 0 Å². The van der Waals surface area contributed by atoms with Gasteiger partial charge in [0.05, 0.1) is 6.61 Å². The van der Waals surface area contributed by atoms with Crippen LogP contribution >= 0.6 is 11.6 Å². The molecule has 2 saturated heterocycles. The Labute approximate surface area is 121 Å². The number of ether oxygens (including phenoxy) is 3. The predicted molar refractivity (Wildman–Crippen MR) is 70.3 cm³/mol. The number of halogens is 1. The summed E-state index contributed by atoms with van der Waals surface area (Å²) in [6, 6.07) is 7.30. The molecule has 2 fully saturated rings. The van der Waals surface area contributed by atoms with Crippen molar-refractivity contribution in [3.8, 4) is 0 Å². The average molecular weight is 299 g/mol. The van der Waals surface area contributed by atoms with Crippen LogP contribution in [0.5, 0.6) is 0 Å². The number of carbonyl (C=O) groups excluding carboxylic acids is 1. The first kappa shape index (κ1) is 14.0. The van der Waals surface area contributed by atoms with Gasteiger partial charge in [0, 0.05) is 5.02 Å². The van der Waals surface area contributed by atoms with Crippen molar-refractivity contribution in [2.75, 3.05) is 6.61 Å². The molecule has 2 aliphatic heterocycles. The second-order valence-corrected chi connectivity index (χ2v) is 5.50. The molecule has 4 atom stereocenters. The Hall–Kier alpha value is -0.980. The number of hydrogen-bond acceptors (Lipinski definition) is 5. The molecule has 2 aliphatic rings. The van der Waals surface area contributed by atoms with Gasteiger partial charge in [-0.05, 0) is 18.6 Å². The summed E-state index contributed by atoms with van der Waals surface area (Å²) in [6.07, 6.45) is -2.06. The number of carbonyl (C=O) groups is 1. The van der Waals surface area contributed by atoms with Crippen molar-refractivity contribution in [1.29, 1.82) is 0 Å². The van der Waals surface area contributed by atoms with Crippen molar-refractivity contribution in [3.05, 3.63) is 34.9 Å². The molecule has 5 nitrogen and oxygen atoms in total. The van der Waals surface area contributed by atoms with Gasteiger partial charge in [0.2, 0.25) is 5.79 Å². The minimum absolute atomic E-state index is 0.0629. The van der Waals surface area contributed by atoms with Gasteiger partial charge in [-0.2, -0.15) is 0 Å². The molecular formula is C14H15ClO5. The summed E-state index contributed by atoms with van der Waals surface area (Å²) < 4.78 is 16.4. The minimum atomic E-state index is -1.40. The number of rotatable bonds is 4. The summed E-state index contributed by atoms with van der Waals surface area (Å²) in [7, 11) is 0. The maximum absolute atomic E-state index is 11.6. The van der Waals surface area contributed by atoms with E-state index >= 15 is 0 Å². The number of hydrogen-bond donors (Lipinski definition) is 1. The molecule has 1 aromatic rings. The van der Waals surface area contributed by atoms with E-state index in [9.17, 15) is 9.90 Å². The van der Waals surface area contributed by atoms with E-state index in [1.165, 1.54) is 6.92 Å². The number of fused-ring (bicyclic) bond motifs is 1. The molecule has 0 unspecified atom stereocenters. The fourth-order valence-corrected chi connectivity index (χ4v) is 2.70. The van der Waals surface area contributed by atoms with Crippen LogP contribution in [0.4, 0.5) is 0 Å². The van der Waals surface area contributed by atoms with Crippen LogP contribution in [0, 0.1) is 0 Å². The molecule has 2 heterocycles. The van der Waals surface area contributed by atoms with Gasteiger partial charge in [0.25, 0.3) is 0 Å². The monoisotopic (exact) mass is 298 g/mol. The first-order chi connectivity index (χ1) is 9.51. The van der Waals surface area contributed by atoms with Gasteiger partial charge in [0.1, 0.15) is 24.9 Å². The Morgan fingerprint density at radius 3 is 2.90 bits per heavy atom. The molecule has 1 aromatic carbocycles. The third kappa shape index (κ3) is 2.25. The topological polar surface area (TPSA) is 65.0 Å². The molecule has 0 amide bonds. The van der Waals surface area contributed by atoms with Crippen LogP contribution in [0.15, 0.2) is 24.3 Å². The molecule has 0 spiro atoms. The zero-order chi connectivity index (χ0) is 14.3. The highest BCUT2D eigenvalue weighted by Crippen LogP contribution is 2.41. The highest BCUT2D eigenvalue weighted by molar-refractivity contribution is 6.31. The minimum Gasteiger partial charge on any atom is -0.367 e. The van der Waals surface area contributed by atoms with Crippen LogP contribution in [-0.2, 0) is 25.6 Å². The van der Waals surface area contributed by atoms with Crippen molar-refractivity contribution in [1.82, 2.24) is 0 Å². The third-order valence-electron chi connectivity index (χ3n) is 3.63. The molecule has 0 radical (unpaired) electrons. The van der Waals surface area contributed by atoms with Crippen LogP contribution in [-0.4, -0.2) is 41.6 Å². The maximum atomic E-state index is 11.6. The summed E-state index contributed by atoms with van der Waals surface area (Å²) >= 11 is 6.06. The van der Waals surface area contributed by atoms with Crippen LogP contribution in [0.2, 0.25) is 5.02 Å². The normalized spacial score (nSPS) is 35.5. The second-order valence-electron chi connectivity index (χ2n) is 5.09. The van der Waals surface area contributed by atoms with Crippen LogP contribution in [0.1, 0.15) is 12.5 Å². The molecule has 6 heteroatoms. The Balaban J connectivity index is 1.72. The predicted octanol–water partition coefficient (Wildman–Crippen LogP) is 1.30. The first-order valence-corrected chi connectivity index (χ1v) is 6.76. The van der Waals surface area contributed by atoms with Crippen LogP contribution in [0.25, 0.3) is 0 Å². The van der Waals surface area contributed by atoms with Gasteiger partial charge in [-0.25, -0.2) is 0 Å². The number of benzene rings is 1. The molecule has 20 heavy (non-hydrogen) atoms. The standard InChI is InChI=1S/C14H15ClO5/c1-8(16)11-12(13-14(17,20-11)7-19-13)18-6-9-4-2-3-5-10(9)15/h2-5,11-13,17H,6-7H2,1H3/t11-,12+,13-,14+/m1/s1. The lowest BCUT2D eigenvalue weighted by molar-refractivity contribution is -0.334. The highest BCUT2D eigenvalue weighted by atomic mass is 35.5. The Morgan fingerprint density at radius 1 is 1.55 bits per heavy atom. The van der Waals surface area contributed by atoms with E-state index in [1.807, 2.05) is 18.2 Å². The molecule has 0 saturated carbocycles. The van der Waals surface area contributed by atoms with E-state index in [1.54, 1.807) is 6.07 Å².